The van der Waals surface area contributed by atoms with Gasteiger partial charge in [-0.15, -0.1) is 0 Å². The first-order valence-corrected chi connectivity index (χ1v) is 11.1. The standard InChI is InChI=1S/C24H36FNO/c1-2-3-4-5-6-7-11-20-12-8-9-13-21(20)14-10-17-27-23-16-15-22(19-26)24(25)18-23/h15-16,18,20-21H,2-14,17H2,1H3. The molecule has 2 atom stereocenters. The number of hydrogen-bond acceptors (Lipinski definition) is 2. The van der Waals surface area contributed by atoms with Crippen LogP contribution in [0.1, 0.15) is 96.0 Å². The number of rotatable bonds is 12. The van der Waals surface area contributed by atoms with E-state index in [1.165, 1.54) is 89.2 Å². The summed E-state index contributed by atoms with van der Waals surface area (Å²) in [6.45, 7) is 2.90. The van der Waals surface area contributed by atoms with Crippen molar-refractivity contribution in [1.82, 2.24) is 0 Å². The Kier molecular flexibility index (Phi) is 10.3. The predicted molar refractivity (Wildman–Crippen MR) is 109 cm³/mol. The molecule has 1 aliphatic rings. The minimum Gasteiger partial charge on any atom is -0.493 e. The molecule has 2 rings (SSSR count). The van der Waals surface area contributed by atoms with E-state index in [-0.39, 0.29) is 5.56 Å². The summed E-state index contributed by atoms with van der Waals surface area (Å²) in [5.74, 6) is 1.77. The summed E-state index contributed by atoms with van der Waals surface area (Å²) in [5.41, 5.74) is 0.0714. The Hall–Kier alpha value is -1.56. The largest absolute Gasteiger partial charge is 0.493 e. The number of ether oxygens (including phenoxy) is 1. The summed E-state index contributed by atoms with van der Waals surface area (Å²) in [4.78, 5) is 0. The highest BCUT2D eigenvalue weighted by Gasteiger charge is 2.24. The highest BCUT2D eigenvalue weighted by molar-refractivity contribution is 5.36. The van der Waals surface area contributed by atoms with E-state index < -0.39 is 5.82 Å². The average molecular weight is 374 g/mol. The van der Waals surface area contributed by atoms with Crippen LogP contribution in [-0.4, -0.2) is 6.61 Å². The van der Waals surface area contributed by atoms with Crippen LogP contribution in [0.15, 0.2) is 18.2 Å². The molecule has 1 aliphatic carbocycles. The van der Waals surface area contributed by atoms with Crippen LogP contribution >= 0.6 is 0 Å². The van der Waals surface area contributed by atoms with Gasteiger partial charge in [0.05, 0.1) is 12.2 Å². The molecule has 27 heavy (non-hydrogen) atoms. The van der Waals surface area contributed by atoms with Gasteiger partial charge in [0.15, 0.2) is 0 Å². The lowest BCUT2D eigenvalue weighted by atomic mass is 9.74. The Morgan fingerprint density at radius 3 is 2.33 bits per heavy atom. The van der Waals surface area contributed by atoms with Crippen LogP contribution in [0.2, 0.25) is 0 Å². The van der Waals surface area contributed by atoms with E-state index in [1.54, 1.807) is 6.07 Å². The van der Waals surface area contributed by atoms with Gasteiger partial charge in [-0.05, 0) is 36.8 Å². The molecule has 0 spiro atoms. The zero-order chi connectivity index (χ0) is 19.3. The van der Waals surface area contributed by atoms with Gasteiger partial charge in [0, 0.05) is 6.07 Å². The number of benzene rings is 1. The highest BCUT2D eigenvalue weighted by atomic mass is 19.1. The fourth-order valence-corrected chi connectivity index (χ4v) is 4.44. The van der Waals surface area contributed by atoms with Crippen LogP contribution in [0.5, 0.6) is 5.75 Å². The lowest BCUT2D eigenvalue weighted by Gasteiger charge is -2.32. The van der Waals surface area contributed by atoms with E-state index in [1.807, 2.05) is 6.07 Å². The Labute approximate surface area is 165 Å². The Bertz CT molecular complexity index is 580. The van der Waals surface area contributed by atoms with Crippen LogP contribution in [0.3, 0.4) is 0 Å². The second-order valence-corrected chi connectivity index (χ2v) is 8.11. The minimum absolute atomic E-state index is 0.0714. The van der Waals surface area contributed by atoms with E-state index >= 15 is 0 Å². The van der Waals surface area contributed by atoms with Crippen molar-refractivity contribution in [2.24, 2.45) is 11.8 Å². The molecule has 0 aromatic heterocycles. The molecule has 0 N–H and O–H groups in total. The van der Waals surface area contributed by atoms with E-state index in [4.69, 9.17) is 10.00 Å². The molecule has 0 amide bonds. The molecule has 0 aliphatic heterocycles. The monoisotopic (exact) mass is 373 g/mol. The third kappa shape index (κ3) is 7.91. The zero-order valence-electron chi connectivity index (χ0n) is 17.0. The first kappa shape index (κ1) is 21.7. The maximum absolute atomic E-state index is 13.6. The zero-order valence-corrected chi connectivity index (χ0v) is 17.0. The van der Waals surface area contributed by atoms with Crippen molar-refractivity contribution in [3.63, 3.8) is 0 Å². The second kappa shape index (κ2) is 12.8. The molecular weight excluding hydrogens is 337 g/mol. The molecule has 1 aromatic rings. The number of halogens is 1. The third-order valence-electron chi connectivity index (χ3n) is 6.04. The third-order valence-corrected chi connectivity index (χ3v) is 6.04. The van der Waals surface area contributed by atoms with Gasteiger partial charge in [-0.2, -0.15) is 5.26 Å². The number of hydrogen-bond donors (Lipinski definition) is 0. The van der Waals surface area contributed by atoms with Gasteiger partial charge in [0.1, 0.15) is 17.6 Å². The molecule has 1 fully saturated rings. The van der Waals surface area contributed by atoms with Crippen molar-refractivity contribution in [3.05, 3.63) is 29.6 Å². The van der Waals surface area contributed by atoms with Gasteiger partial charge in [-0.3, -0.25) is 0 Å². The van der Waals surface area contributed by atoms with Crippen LogP contribution < -0.4 is 4.74 Å². The minimum atomic E-state index is -0.499. The molecule has 1 saturated carbocycles. The van der Waals surface area contributed by atoms with Crippen molar-refractivity contribution >= 4 is 0 Å². The maximum Gasteiger partial charge on any atom is 0.144 e. The Morgan fingerprint density at radius 1 is 1.00 bits per heavy atom. The smallest absolute Gasteiger partial charge is 0.144 e. The normalized spacial score (nSPS) is 19.6. The number of unbranched alkanes of at least 4 members (excludes halogenated alkanes) is 5. The summed E-state index contributed by atoms with van der Waals surface area (Å²) in [6.07, 6.45) is 17.5. The van der Waals surface area contributed by atoms with Crippen molar-refractivity contribution < 1.29 is 9.13 Å². The first-order chi connectivity index (χ1) is 13.2. The topological polar surface area (TPSA) is 33.0 Å². The highest BCUT2D eigenvalue weighted by Crippen LogP contribution is 2.36. The van der Waals surface area contributed by atoms with Gasteiger partial charge < -0.3 is 4.74 Å². The molecule has 2 nitrogen and oxygen atoms in total. The van der Waals surface area contributed by atoms with Crippen molar-refractivity contribution in [3.8, 4) is 11.8 Å². The van der Waals surface area contributed by atoms with Gasteiger partial charge >= 0.3 is 0 Å². The molecule has 0 saturated heterocycles. The molecule has 0 bridgehead atoms. The molecule has 150 valence electrons. The summed E-state index contributed by atoms with van der Waals surface area (Å²) >= 11 is 0. The van der Waals surface area contributed by atoms with Gasteiger partial charge in [0.2, 0.25) is 0 Å². The maximum atomic E-state index is 13.6. The van der Waals surface area contributed by atoms with Gasteiger partial charge in [0.25, 0.3) is 0 Å². The summed E-state index contributed by atoms with van der Waals surface area (Å²) in [6, 6.07) is 6.33. The van der Waals surface area contributed by atoms with Crippen LogP contribution in [0.4, 0.5) is 4.39 Å². The SMILES string of the molecule is CCCCCCCCC1CCCCC1CCCOc1ccc(C#N)c(F)c1. The second-order valence-electron chi connectivity index (χ2n) is 8.11. The summed E-state index contributed by atoms with van der Waals surface area (Å²) in [7, 11) is 0. The first-order valence-electron chi connectivity index (χ1n) is 11.1. The van der Waals surface area contributed by atoms with Gasteiger partial charge in [-0.25, -0.2) is 4.39 Å². The summed E-state index contributed by atoms with van der Waals surface area (Å²) in [5, 5.41) is 8.78. The Morgan fingerprint density at radius 2 is 1.67 bits per heavy atom. The quantitative estimate of drug-likeness (QED) is 0.357. The lowest BCUT2D eigenvalue weighted by molar-refractivity contribution is 0.190. The lowest BCUT2D eigenvalue weighted by Crippen LogP contribution is -2.20. The van der Waals surface area contributed by atoms with Crippen LogP contribution in [-0.2, 0) is 0 Å². The van der Waals surface area contributed by atoms with E-state index in [0.29, 0.717) is 12.4 Å². The fourth-order valence-electron chi connectivity index (χ4n) is 4.44. The van der Waals surface area contributed by atoms with Crippen LogP contribution in [0, 0.1) is 29.0 Å². The van der Waals surface area contributed by atoms with E-state index in [0.717, 1.165) is 18.3 Å². The van der Waals surface area contributed by atoms with Crippen molar-refractivity contribution in [2.45, 2.75) is 90.4 Å². The predicted octanol–water partition coefficient (Wildman–Crippen LogP) is 7.41. The molecule has 0 radical (unpaired) electrons. The molecule has 3 heteroatoms. The fraction of sp³-hybridized carbons (Fsp3) is 0.708. The Balaban J connectivity index is 1.65. The number of nitriles is 1. The average Bonchev–Trinajstić information content (AvgIpc) is 2.69. The van der Waals surface area contributed by atoms with E-state index in [9.17, 15) is 4.39 Å². The molecular formula is C24H36FNO. The van der Waals surface area contributed by atoms with Crippen LogP contribution in [0.25, 0.3) is 0 Å². The van der Waals surface area contributed by atoms with Gasteiger partial charge in [-0.1, -0.05) is 77.6 Å². The molecule has 0 heterocycles. The number of nitrogens with zero attached hydrogens (tertiary/aromatic N) is 1. The molecule has 2 unspecified atom stereocenters. The molecule has 1 aromatic carbocycles. The van der Waals surface area contributed by atoms with Crippen molar-refractivity contribution in [1.29, 1.82) is 5.26 Å². The summed E-state index contributed by atoms with van der Waals surface area (Å²) < 4.78 is 19.3. The van der Waals surface area contributed by atoms with E-state index in [2.05, 4.69) is 6.92 Å². The van der Waals surface area contributed by atoms with Crippen molar-refractivity contribution in [2.75, 3.05) is 6.61 Å².